The monoisotopic (exact) mass is 312 g/mol. The molecular weight excluding hydrogens is 297 g/mol. The zero-order chi connectivity index (χ0) is 15.6. The third-order valence-electron chi connectivity index (χ3n) is 3.46. The van der Waals surface area contributed by atoms with Gasteiger partial charge >= 0.3 is 6.18 Å². The summed E-state index contributed by atoms with van der Waals surface area (Å²) in [5.41, 5.74) is 1.49. The summed E-state index contributed by atoms with van der Waals surface area (Å²) in [6.45, 7) is 0.659. The molecule has 1 aromatic carbocycles. The lowest BCUT2D eigenvalue weighted by molar-refractivity contribution is -0.237. The van der Waals surface area contributed by atoms with Crippen molar-refractivity contribution in [3.8, 4) is 5.69 Å². The van der Waals surface area contributed by atoms with E-state index < -0.39 is 12.3 Å². The number of alkyl halides is 3. The average molecular weight is 312 g/mol. The fourth-order valence-electron chi connectivity index (χ4n) is 2.35. The lowest BCUT2D eigenvalue weighted by atomic mass is 10.2. The second kappa shape index (κ2) is 6.05. The van der Waals surface area contributed by atoms with Gasteiger partial charge in [-0.2, -0.15) is 13.2 Å². The van der Waals surface area contributed by atoms with Gasteiger partial charge in [0.2, 0.25) is 0 Å². The molecule has 2 heterocycles. The molecule has 118 valence electrons. The molecule has 8 heteroatoms. The largest absolute Gasteiger partial charge is 0.415 e. The van der Waals surface area contributed by atoms with Crippen LogP contribution >= 0.6 is 0 Å². The molecule has 1 saturated heterocycles. The fraction of sp³-hybridized carbons (Fsp3) is 0.429. The Kier molecular flexibility index (Phi) is 4.12. The molecule has 1 aromatic heterocycles. The zero-order valence-electron chi connectivity index (χ0n) is 11.7. The molecule has 0 radical (unpaired) electrons. The van der Waals surface area contributed by atoms with Crippen LogP contribution in [0, 0.1) is 0 Å². The molecule has 1 atom stereocenters. The van der Waals surface area contributed by atoms with Gasteiger partial charge in [0, 0.05) is 19.6 Å². The number of ether oxygens (including phenoxy) is 1. The maximum Gasteiger partial charge on any atom is 0.415 e. The van der Waals surface area contributed by atoms with Gasteiger partial charge in [-0.05, 0) is 12.1 Å². The van der Waals surface area contributed by atoms with Gasteiger partial charge in [-0.3, -0.25) is 4.90 Å². The second-order valence-electron chi connectivity index (χ2n) is 5.13. The molecule has 0 spiro atoms. The van der Waals surface area contributed by atoms with Crippen molar-refractivity contribution in [1.82, 2.24) is 19.9 Å². The maximum atomic E-state index is 12.7. The topological polar surface area (TPSA) is 43.2 Å². The highest BCUT2D eigenvalue weighted by molar-refractivity contribution is 5.29. The van der Waals surface area contributed by atoms with Crippen molar-refractivity contribution < 1.29 is 17.9 Å². The first kappa shape index (κ1) is 15.0. The highest BCUT2D eigenvalue weighted by Crippen LogP contribution is 2.26. The minimum absolute atomic E-state index is 0.0665. The molecule has 0 saturated carbocycles. The molecule has 1 fully saturated rings. The summed E-state index contributed by atoms with van der Waals surface area (Å²) in [6, 6.07) is 9.42. The van der Waals surface area contributed by atoms with E-state index in [9.17, 15) is 13.2 Å². The Hall–Kier alpha value is -1.93. The van der Waals surface area contributed by atoms with E-state index in [2.05, 4.69) is 10.3 Å². The average Bonchev–Trinajstić information content (AvgIpc) is 2.96. The van der Waals surface area contributed by atoms with Crippen molar-refractivity contribution in [3.63, 3.8) is 0 Å². The van der Waals surface area contributed by atoms with Crippen LogP contribution in [-0.2, 0) is 11.3 Å². The van der Waals surface area contributed by atoms with Crippen LogP contribution in [-0.4, -0.2) is 51.9 Å². The van der Waals surface area contributed by atoms with Gasteiger partial charge in [-0.15, -0.1) is 5.10 Å². The molecule has 0 N–H and O–H groups in total. The predicted molar refractivity (Wildman–Crippen MR) is 72.4 cm³/mol. The summed E-state index contributed by atoms with van der Waals surface area (Å²) < 4.78 is 44.5. The number of halogens is 3. The Balaban J connectivity index is 1.65. The van der Waals surface area contributed by atoms with E-state index in [1.54, 1.807) is 15.8 Å². The Labute approximate surface area is 125 Å². The quantitative estimate of drug-likeness (QED) is 0.870. The number of aromatic nitrogens is 3. The van der Waals surface area contributed by atoms with E-state index >= 15 is 0 Å². The smallest absolute Gasteiger partial charge is 0.366 e. The van der Waals surface area contributed by atoms with Crippen molar-refractivity contribution >= 4 is 0 Å². The lowest BCUT2D eigenvalue weighted by Gasteiger charge is -2.33. The van der Waals surface area contributed by atoms with Crippen LogP contribution in [0.3, 0.4) is 0 Å². The molecule has 3 rings (SSSR count). The van der Waals surface area contributed by atoms with Gasteiger partial charge in [0.15, 0.2) is 6.10 Å². The first-order valence-corrected chi connectivity index (χ1v) is 6.90. The minimum atomic E-state index is -4.33. The molecule has 0 bridgehead atoms. The summed E-state index contributed by atoms with van der Waals surface area (Å²) in [7, 11) is 0. The molecule has 0 amide bonds. The van der Waals surface area contributed by atoms with Crippen LogP contribution < -0.4 is 0 Å². The molecule has 0 unspecified atom stereocenters. The zero-order valence-corrected chi connectivity index (χ0v) is 11.7. The molecular formula is C14H15F3N4O. The number of nitrogens with zero attached hydrogens (tertiary/aromatic N) is 4. The Morgan fingerprint density at radius 3 is 2.73 bits per heavy atom. The van der Waals surface area contributed by atoms with Crippen LogP contribution in [0.4, 0.5) is 13.2 Å². The van der Waals surface area contributed by atoms with Crippen LogP contribution in [0.5, 0.6) is 0 Å². The van der Waals surface area contributed by atoms with Gasteiger partial charge < -0.3 is 4.74 Å². The summed E-state index contributed by atoms with van der Waals surface area (Å²) >= 11 is 0. The number of rotatable bonds is 3. The van der Waals surface area contributed by atoms with Crippen LogP contribution in [0.1, 0.15) is 5.69 Å². The molecule has 22 heavy (non-hydrogen) atoms. The number of hydrogen-bond acceptors (Lipinski definition) is 4. The van der Waals surface area contributed by atoms with Crippen molar-refractivity contribution in [2.45, 2.75) is 18.8 Å². The number of hydrogen-bond donors (Lipinski definition) is 0. The Bertz CT molecular complexity index is 614. The van der Waals surface area contributed by atoms with Gasteiger partial charge in [0.25, 0.3) is 0 Å². The van der Waals surface area contributed by atoms with E-state index in [1.165, 1.54) is 0 Å². The van der Waals surface area contributed by atoms with Crippen molar-refractivity contribution in [1.29, 1.82) is 0 Å². The molecule has 1 aliphatic heterocycles. The Morgan fingerprint density at radius 1 is 1.23 bits per heavy atom. The number of morpholine rings is 1. The van der Waals surface area contributed by atoms with E-state index in [1.807, 2.05) is 30.3 Å². The van der Waals surface area contributed by atoms with Gasteiger partial charge in [-0.25, -0.2) is 4.68 Å². The lowest BCUT2D eigenvalue weighted by Crippen LogP contribution is -2.48. The van der Waals surface area contributed by atoms with Gasteiger partial charge in [0.05, 0.1) is 24.2 Å². The summed E-state index contributed by atoms with van der Waals surface area (Å²) in [5.74, 6) is 0. The van der Waals surface area contributed by atoms with Crippen LogP contribution in [0.15, 0.2) is 36.5 Å². The van der Waals surface area contributed by atoms with E-state index in [0.29, 0.717) is 18.8 Å². The highest BCUT2D eigenvalue weighted by Gasteiger charge is 2.43. The first-order valence-electron chi connectivity index (χ1n) is 6.90. The SMILES string of the molecule is FC(F)(F)[C@H]1CN(Cc2cn(-c3ccccc3)nn2)CCO1. The van der Waals surface area contributed by atoms with Crippen molar-refractivity contribution in [2.75, 3.05) is 19.7 Å². The van der Waals surface area contributed by atoms with E-state index in [0.717, 1.165) is 5.69 Å². The van der Waals surface area contributed by atoms with Crippen molar-refractivity contribution in [2.24, 2.45) is 0 Å². The second-order valence-corrected chi connectivity index (χ2v) is 5.13. The third-order valence-corrected chi connectivity index (χ3v) is 3.46. The van der Waals surface area contributed by atoms with Gasteiger partial charge in [0.1, 0.15) is 0 Å². The number of para-hydroxylation sites is 1. The minimum Gasteiger partial charge on any atom is -0.366 e. The number of benzene rings is 1. The first-order chi connectivity index (χ1) is 10.5. The standard InChI is InChI=1S/C14H15F3N4O/c15-14(16,17)13-10-20(6-7-22-13)8-11-9-21(19-18-11)12-4-2-1-3-5-12/h1-5,9,13H,6-8,10H2/t13-/m1/s1. The third kappa shape index (κ3) is 3.45. The predicted octanol–water partition coefficient (Wildman–Crippen LogP) is 2.03. The molecule has 1 aliphatic rings. The molecule has 2 aromatic rings. The van der Waals surface area contributed by atoms with Crippen LogP contribution in [0.2, 0.25) is 0 Å². The fourth-order valence-corrected chi connectivity index (χ4v) is 2.35. The Morgan fingerprint density at radius 2 is 2.00 bits per heavy atom. The highest BCUT2D eigenvalue weighted by atomic mass is 19.4. The van der Waals surface area contributed by atoms with Crippen LogP contribution in [0.25, 0.3) is 5.69 Å². The normalized spacial score (nSPS) is 20.2. The molecule has 0 aliphatic carbocycles. The summed E-state index contributed by atoms with van der Waals surface area (Å²) in [5, 5.41) is 8.03. The van der Waals surface area contributed by atoms with E-state index in [4.69, 9.17) is 4.74 Å². The summed E-state index contributed by atoms with van der Waals surface area (Å²) in [4.78, 5) is 1.68. The van der Waals surface area contributed by atoms with Crippen molar-refractivity contribution in [3.05, 3.63) is 42.2 Å². The van der Waals surface area contributed by atoms with E-state index in [-0.39, 0.29) is 13.2 Å². The van der Waals surface area contributed by atoms with Gasteiger partial charge in [-0.1, -0.05) is 23.4 Å². The molecule has 5 nitrogen and oxygen atoms in total. The maximum absolute atomic E-state index is 12.7. The summed E-state index contributed by atoms with van der Waals surface area (Å²) in [6.07, 6.45) is -4.33.